The monoisotopic (exact) mass is 454 g/mol. The van der Waals surface area contributed by atoms with Crippen molar-refractivity contribution in [3.05, 3.63) is 64.3 Å². The Kier molecular flexibility index (Phi) is 5.46. The molecular formula is C21H19ClN6O2S. The van der Waals surface area contributed by atoms with Crippen molar-refractivity contribution < 1.29 is 9.47 Å². The van der Waals surface area contributed by atoms with Crippen LogP contribution in [0.4, 0.5) is 17.2 Å². The third kappa shape index (κ3) is 4.20. The number of benzene rings is 2. The zero-order valence-electron chi connectivity index (χ0n) is 16.4. The summed E-state index contributed by atoms with van der Waals surface area (Å²) in [5.74, 6) is 1.06. The molecule has 5 rings (SSSR count). The van der Waals surface area contributed by atoms with Gasteiger partial charge in [-0.2, -0.15) is 0 Å². The van der Waals surface area contributed by atoms with Crippen molar-refractivity contribution in [1.82, 2.24) is 15.0 Å². The van der Waals surface area contributed by atoms with Crippen LogP contribution in [-0.2, 0) is 11.3 Å². The predicted octanol–water partition coefficient (Wildman–Crippen LogP) is 4.13. The third-order valence-corrected chi connectivity index (χ3v) is 5.98. The fourth-order valence-corrected chi connectivity index (χ4v) is 4.17. The third-order valence-electron chi connectivity index (χ3n) is 4.93. The molecule has 1 fully saturated rings. The Hall–Kier alpha value is -3.14. The van der Waals surface area contributed by atoms with Crippen LogP contribution < -0.4 is 20.7 Å². The average molecular weight is 455 g/mol. The Morgan fingerprint density at radius 3 is 3.00 bits per heavy atom. The van der Waals surface area contributed by atoms with E-state index in [0.717, 1.165) is 33.8 Å². The second-order valence-electron chi connectivity index (χ2n) is 6.88. The van der Waals surface area contributed by atoms with Crippen LogP contribution in [0.1, 0.15) is 5.01 Å². The van der Waals surface area contributed by atoms with E-state index in [2.05, 4.69) is 25.2 Å². The normalized spacial score (nSPS) is 16.0. The molecule has 0 radical (unpaired) electrons. The van der Waals surface area contributed by atoms with Gasteiger partial charge in [-0.1, -0.05) is 11.6 Å². The van der Waals surface area contributed by atoms with Crippen LogP contribution in [0.2, 0.25) is 5.02 Å². The molecule has 1 saturated heterocycles. The number of nitrogens with one attached hydrogen (secondary N) is 1. The van der Waals surface area contributed by atoms with Gasteiger partial charge in [0.1, 0.15) is 29.5 Å². The quantitative estimate of drug-likeness (QED) is 0.448. The summed E-state index contributed by atoms with van der Waals surface area (Å²) in [5.41, 5.74) is 8.58. The van der Waals surface area contributed by atoms with E-state index in [4.69, 9.17) is 26.8 Å². The second kappa shape index (κ2) is 8.54. The summed E-state index contributed by atoms with van der Waals surface area (Å²) >= 11 is 8.03. The molecular weight excluding hydrogens is 436 g/mol. The topological polar surface area (TPSA) is 98.4 Å². The number of thiazole rings is 1. The number of hydrogen-bond donors (Lipinski definition) is 2. The number of anilines is 3. The Balaban J connectivity index is 1.32. The molecule has 3 heterocycles. The number of rotatable bonds is 6. The molecule has 1 atom stereocenters. The van der Waals surface area contributed by atoms with Crippen LogP contribution in [0.15, 0.2) is 54.3 Å². The number of nitrogens with zero attached hydrogens (tertiary/aromatic N) is 4. The van der Waals surface area contributed by atoms with Gasteiger partial charge in [-0.25, -0.2) is 15.0 Å². The largest absolute Gasteiger partial charge is 0.485 e. The lowest BCUT2D eigenvalue weighted by Gasteiger charge is -2.27. The highest BCUT2D eigenvalue weighted by Gasteiger charge is 2.26. The lowest BCUT2D eigenvalue weighted by atomic mass is 10.2. The van der Waals surface area contributed by atoms with Crippen molar-refractivity contribution >= 4 is 51.0 Å². The van der Waals surface area contributed by atoms with Gasteiger partial charge in [0.2, 0.25) is 6.35 Å². The smallest absolute Gasteiger partial charge is 0.208 e. The van der Waals surface area contributed by atoms with Crippen molar-refractivity contribution in [2.24, 2.45) is 0 Å². The average Bonchev–Trinajstić information content (AvgIpc) is 3.46. The van der Waals surface area contributed by atoms with Gasteiger partial charge in [0.25, 0.3) is 0 Å². The van der Waals surface area contributed by atoms with Crippen LogP contribution in [-0.4, -0.2) is 34.5 Å². The number of nitrogen functional groups attached to an aromatic ring is 1. The van der Waals surface area contributed by atoms with Gasteiger partial charge in [-0.15, -0.1) is 11.3 Å². The number of aromatic nitrogens is 3. The van der Waals surface area contributed by atoms with E-state index in [1.807, 2.05) is 41.8 Å². The van der Waals surface area contributed by atoms with Crippen molar-refractivity contribution in [2.45, 2.75) is 13.0 Å². The first kappa shape index (κ1) is 19.8. The van der Waals surface area contributed by atoms with Crippen molar-refractivity contribution in [3.8, 4) is 5.75 Å². The van der Waals surface area contributed by atoms with Crippen molar-refractivity contribution in [1.29, 1.82) is 0 Å². The summed E-state index contributed by atoms with van der Waals surface area (Å²) in [4.78, 5) is 14.6. The van der Waals surface area contributed by atoms with Crippen molar-refractivity contribution in [2.75, 3.05) is 29.1 Å². The van der Waals surface area contributed by atoms with Gasteiger partial charge in [0.15, 0.2) is 0 Å². The maximum absolute atomic E-state index is 6.48. The van der Waals surface area contributed by atoms with E-state index in [0.29, 0.717) is 29.8 Å². The Morgan fingerprint density at radius 1 is 1.23 bits per heavy atom. The van der Waals surface area contributed by atoms with Crippen molar-refractivity contribution in [3.63, 3.8) is 0 Å². The first-order valence-corrected chi connectivity index (χ1v) is 10.9. The summed E-state index contributed by atoms with van der Waals surface area (Å²) in [5, 5.41) is 7.55. The number of hydrogen-bond acceptors (Lipinski definition) is 9. The SMILES string of the molecule is Nc1ncnc2ccc(NC3OCCN3c3ccc(OCc4nccs4)c(Cl)c3)cc12. The molecule has 2 aromatic carbocycles. The first-order chi connectivity index (χ1) is 15.2. The molecule has 0 spiro atoms. The molecule has 158 valence electrons. The molecule has 1 aliphatic heterocycles. The fraction of sp³-hybridized carbons (Fsp3) is 0.190. The summed E-state index contributed by atoms with van der Waals surface area (Å²) < 4.78 is 11.7. The molecule has 1 aliphatic rings. The van der Waals surface area contributed by atoms with E-state index >= 15 is 0 Å². The van der Waals surface area contributed by atoms with E-state index in [1.165, 1.54) is 6.33 Å². The molecule has 3 N–H and O–H groups in total. The van der Waals surface area contributed by atoms with E-state index in [9.17, 15) is 0 Å². The summed E-state index contributed by atoms with van der Waals surface area (Å²) in [6.45, 7) is 1.71. The van der Waals surface area contributed by atoms with Gasteiger partial charge in [0, 0.05) is 34.9 Å². The van der Waals surface area contributed by atoms with Crippen LogP contribution in [0.25, 0.3) is 10.9 Å². The minimum Gasteiger partial charge on any atom is -0.485 e. The highest BCUT2D eigenvalue weighted by Crippen LogP contribution is 2.33. The minimum atomic E-state index is -0.346. The highest BCUT2D eigenvalue weighted by molar-refractivity contribution is 7.09. The van der Waals surface area contributed by atoms with Gasteiger partial charge < -0.3 is 25.4 Å². The number of ether oxygens (including phenoxy) is 2. The Morgan fingerprint density at radius 2 is 2.16 bits per heavy atom. The second-order valence-corrected chi connectivity index (χ2v) is 8.27. The molecule has 2 aromatic heterocycles. The predicted molar refractivity (Wildman–Crippen MR) is 123 cm³/mol. The zero-order chi connectivity index (χ0) is 21.2. The molecule has 8 nitrogen and oxygen atoms in total. The Bertz CT molecular complexity index is 1210. The van der Waals surface area contributed by atoms with Gasteiger partial charge in [0.05, 0.1) is 17.1 Å². The van der Waals surface area contributed by atoms with Crippen LogP contribution in [0.3, 0.4) is 0 Å². The standard InChI is InChI=1S/C21H19ClN6O2S/c22-16-10-14(2-4-18(16)30-11-19-24-5-8-31-19)28-6-7-29-21(28)27-13-1-3-17-15(9-13)20(23)26-12-25-17/h1-5,8-10,12,21,27H,6-7,11H2,(H2,23,25,26). The first-order valence-electron chi connectivity index (χ1n) is 9.63. The molecule has 0 amide bonds. The number of halogens is 1. The molecule has 10 heteroatoms. The van der Waals surface area contributed by atoms with E-state index < -0.39 is 0 Å². The molecule has 1 unspecified atom stereocenters. The summed E-state index contributed by atoms with van der Waals surface area (Å²) in [7, 11) is 0. The highest BCUT2D eigenvalue weighted by atomic mass is 35.5. The molecule has 31 heavy (non-hydrogen) atoms. The molecule has 4 aromatic rings. The van der Waals surface area contributed by atoms with E-state index in [-0.39, 0.29) is 6.35 Å². The maximum atomic E-state index is 6.48. The summed E-state index contributed by atoms with van der Waals surface area (Å²) in [6.07, 6.45) is 2.87. The maximum Gasteiger partial charge on any atom is 0.208 e. The lowest BCUT2D eigenvalue weighted by molar-refractivity contribution is 0.134. The number of fused-ring (bicyclic) bond motifs is 1. The number of nitrogens with two attached hydrogens (primary N) is 1. The van der Waals surface area contributed by atoms with Gasteiger partial charge in [-0.05, 0) is 36.4 Å². The van der Waals surface area contributed by atoms with E-state index in [1.54, 1.807) is 17.5 Å². The fourth-order valence-electron chi connectivity index (χ4n) is 3.41. The molecule has 0 bridgehead atoms. The summed E-state index contributed by atoms with van der Waals surface area (Å²) in [6, 6.07) is 11.5. The van der Waals surface area contributed by atoms with Crippen LogP contribution >= 0.6 is 22.9 Å². The van der Waals surface area contributed by atoms with Gasteiger partial charge >= 0.3 is 0 Å². The lowest BCUT2D eigenvalue weighted by Crippen LogP contribution is -2.36. The molecule has 0 aliphatic carbocycles. The molecule has 0 saturated carbocycles. The minimum absolute atomic E-state index is 0.346. The van der Waals surface area contributed by atoms with Crippen LogP contribution in [0, 0.1) is 0 Å². The van der Waals surface area contributed by atoms with Gasteiger partial charge in [-0.3, -0.25) is 0 Å². The van der Waals surface area contributed by atoms with Crippen LogP contribution in [0.5, 0.6) is 5.75 Å². The zero-order valence-corrected chi connectivity index (χ0v) is 17.9. The Labute approximate surface area is 187 Å².